The number of benzene rings is 1. The standard InChI is InChI=1S/C23H28N2O2/c1-14(26)25-21-22(2,3)15-12-18-20(27-11-9-23(18,21)13-15)17-6-4-8-19-16(17)7-5-10-24-19/h4-8,10,15,18,20-21H,9,11-13H2,1-3H3,(H,25,26)/t15-,18-,20-,21+,23-/m1/s1. The second kappa shape index (κ2) is 5.78. The van der Waals surface area contributed by atoms with Crippen molar-refractivity contribution in [3.63, 3.8) is 0 Å². The molecule has 1 aliphatic heterocycles. The largest absolute Gasteiger partial charge is 0.373 e. The van der Waals surface area contributed by atoms with Crippen molar-refractivity contribution in [2.75, 3.05) is 6.61 Å². The van der Waals surface area contributed by atoms with Crippen LogP contribution < -0.4 is 5.32 Å². The number of aromatic nitrogens is 1. The molecule has 5 rings (SSSR count). The Kier molecular flexibility index (Phi) is 3.68. The Labute approximate surface area is 160 Å². The zero-order valence-electron chi connectivity index (χ0n) is 16.4. The monoisotopic (exact) mass is 364 g/mol. The van der Waals surface area contributed by atoms with E-state index in [2.05, 4.69) is 48.4 Å². The first-order valence-electron chi connectivity index (χ1n) is 10.2. The minimum absolute atomic E-state index is 0.0870. The van der Waals surface area contributed by atoms with E-state index in [0.29, 0.717) is 11.8 Å². The van der Waals surface area contributed by atoms with E-state index in [1.807, 2.05) is 12.3 Å². The van der Waals surface area contributed by atoms with Gasteiger partial charge in [-0.05, 0) is 59.6 Å². The van der Waals surface area contributed by atoms with Crippen molar-refractivity contribution in [1.82, 2.24) is 10.3 Å². The predicted octanol–water partition coefficient (Wildman–Crippen LogP) is 4.25. The number of rotatable bonds is 2. The van der Waals surface area contributed by atoms with Crippen LogP contribution in [0.5, 0.6) is 0 Å². The summed E-state index contributed by atoms with van der Waals surface area (Å²) in [5.41, 5.74) is 2.58. The van der Waals surface area contributed by atoms with Gasteiger partial charge in [-0.3, -0.25) is 9.78 Å². The summed E-state index contributed by atoms with van der Waals surface area (Å²) in [5.74, 6) is 1.18. The van der Waals surface area contributed by atoms with Crippen molar-refractivity contribution in [3.8, 4) is 0 Å². The van der Waals surface area contributed by atoms with Crippen LogP contribution in [0.3, 0.4) is 0 Å². The van der Waals surface area contributed by atoms with Gasteiger partial charge in [0.1, 0.15) is 0 Å². The Balaban J connectivity index is 1.59. The number of hydrogen-bond donors (Lipinski definition) is 1. The summed E-state index contributed by atoms with van der Waals surface area (Å²) in [6.45, 7) is 7.10. The van der Waals surface area contributed by atoms with Gasteiger partial charge in [-0.15, -0.1) is 0 Å². The minimum atomic E-state index is 0.0870. The van der Waals surface area contributed by atoms with E-state index in [1.165, 1.54) is 23.8 Å². The predicted molar refractivity (Wildman–Crippen MR) is 105 cm³/mol. The van der Waals surface area contributed by atoms with E-state index in [-0.39, 0.29) is 28.9 Å². The molecule has 5 atom stereocenters. The van der Waals surface area contributed by atoms with Gasteiger partial charge in [0.2, 0.25) is 5.91 Å². The molecule has 27 heavy (non-hydrogen) atoms. The van der Waals surface area contributed by atoms with Crippen LogP contribution in [-0.4, -0.2) is 23.5 Å². The Morgan fingerprint density at radius 3 is 2.93 bits per heavy atom. The normalized spacial score (nSPS) is 36.6. The number of nitrogens with one attached hydrogen (secondary N) is 1. The molecule has 1 N–H and O–H groups in total. The molecule has 1 saturated heterocycles. The van der Waals surface area contributed by atoms with Gasteiger partial charge in [0.05, 0.1) is 11.6 Å². The summed E-state index contributed by atoms with van der Waals surface area (Å²) >= 11 is 0. The van der Waals surface area contributed by atoms with Crippen LogP contribution in [0.1, 0.15) is 51.7 Å². The van der Waals surface area contributed by atoms with Crippen molar-refractivity contribution >= 4 is 16.8 Å². The van der Waals surface area contributed by atoms with E-state index in [1.54, 1.807) is 6.92 Å². The van der Waals surface area contributed by atoms with Crippen LogP contribution in [0.2, 0.25) is 0 Å². The maximum Gasteiger partial charge on any atom is 0.217 e. The summed E-state index contributed by atoms with van der Waals surface area (Å²) < 4.78 is 6.41. The molecule has 1 amide bonds. The van der Waals surface area contributed by atoms with Crippen molar-refractivity contribution in [1.29, 1.82) is 0 Å². The van der Waals surface area contributed by atoms with Gasteiger partial charge in [0, 0.05) is 31.2 Å². The molecule has 2 saturated carbocycles. The number of carbonyl (C=O) groups is 1. The molecule has 3 fully saturated rings. The number of carbonyl (C=O) groups excluding carboxylic acids is 1. The average Bonchev–Trinajstić information content (AvgIpc) is 3.14. The fourth-order valence-electron chi connectivity index (χ4n) is 6.67. The third-order valence-electron chi connectivity index (χ3n) is 7.84. The van der Waals surface area contributed by atoms with Crippen LogP contribution in [0.25, 0.3) is 10.9 Å². The average molecular weight is 364 g/mol. The lowest BCUT2D eigenvalue weighted by Gasteiger charge is -2.53. The van der Waals surface area contributed by atoms with Gasteiger partial charge in [-0.25, -0.2) is 0 Å². The van der Waals surface area contributed by atoms with Gasteiger partial charge in [0.15, 0.2) is 0 Å². The number of fused-ring (bicyclic) bond motifs is 2. The van der Waals surface area contributed by atoms with E-state index in [9.17, 15) is 4.79 Å². The highest BCUT2D eigenvalue weighted by atomic mass is 16.5. The first-order chi connectivity index (χ1) is 12.9. The summed E-state index contributed by atoms with van der Waals surface area (Å²) in [4.78, 5) is 16.5. The van der Waals surface area contributed by atoms with Crippen molar-refractivity contribution in [2.24, 2.45) is 22.7 Å². The number of hydrogen-bond acceptors (Lipinski definition) is 3. The Morgan fingerprint density at radius 2 is 2.11 bits per heavy atom. The lowest BCUT2D eigenvalue weighted by molar-refractivity contribution is -0.135. The van der Waals surface area contributed by atoms with Gasteiger partial charge in [-0.2, -0.15) is 0 Å². The quantitative estimate of drug-likeness (QED) is 0.866. The first kappa shape index (κ1) is 17.2. The summed E-state index contributed by atoms with van der Waals surface area (Å²) in [5, 5.41) is 4.55. The highest BCUT2D eigenvalue weighted by molar-refractivity contribution is 5.82. The van der Waals surface area contributed by atoms with Gasteiger partial charge < -0.3 is 10.1 Å². The highest BCUT2D eigenvalue weighted by Crippen LogP contribution is 2.70. The molecule has 2 aromatic rings. The Morgan fingerprint density at radius 1 is 1.26 bits per heavy atom. The molecule has 4 nitrogen and oxygen atoms in total. The zero-order chi connectivity index (χ0) is 18.8. The second-order valence-corrected chi connectivity index (χ2v) is 9.39. The molecule has 2 bridgehead atoms. The lowest BCUT2D eigenvalue weighted by atomic mass is 9.58. The molecule has 142 valence electrons. The molecule has 0 unspecified atom stereocenters. The molecule has 2 aliphatic carbocycles. The molecule has 1 aromatic heterocycles. The van der Waals surface area contributed by atoms with E-state index in [4.69, 9.17) is 4.74 Å². The molecule has 1 spiro atoms. The van der Waals surface area contributed by atoms with E-state index >= 15 is 0 Å². The van der Waals surface area contributed by atoms with Crippen molar-refractivity contribution < 1.29 is 9.53 Å². The Hall–Kier alpha value is -1.94. The molecular weight excluding hydrogens is 336 g/mol. The number of nitrogens with zero attached hydrogens (tertiary/aromatic N) is 1. The molecule has 3 aliphatic rings. The van der Waals surface area contributed by atoms with Crippen molar-refractivity contribution in [2.45, 2.75) is 52.2 Å². The molecule has 1 aromatic carbocycles. The van der Waals surface area contributed by atoms with Gasteiger partial charge in [0.25, 0.3) is 0 Å². The number of pyridine rings is 1. The van der Waals surface area contributed by atoms with E-state index in [0.717, 1.165) is 18.5 Å². The molecule has 2 heterocycles. The smallest absolute Gasteiger partial charge is 0.217 e. The maximum absolute atomic E-state index is 12.0. The number of amides is 1. The summed E-state index contributed by atoms with van der Waals surface area (Å²) in [7, 11) is 0. The van der Waals surface area contributed by atoms with Crippen LogP contribution in [0, 0.1) is 22.7 Å². The third kappa shape index (κ3) is 2.32. The summed E-state index contributed by atoms with van der Waals surface area (Å²) in [6, 6.07) is 10.8. The van der Waals surface area contributed by atoms with Gasteiger partial charge >= 0.3 is 0 Å². The maximum atomic E-state index is 12.0. The second-order valence-electron chi connectivity index (χ2n) is 9.39. The highest BCUT2D eigenvalue weighted by Gasteiger charge is 2.68. The molecular formula is C23H28N2O2. The minimum Gasteiger partial charge on any atom is -0.373 e. The topological polar surface area (TPSA) is 51.2 Å². The Bertz CT molecular complexity index is 903. The zero-order valence-corrected chi connectivity index (χ0v) is 16.4. The SMILES string of the molecule is CC(=O)N[C@H]1C(C)(C)[C@@H]2C[C@@H]3[C@@H](c4cccc5ncccc45)OCC[C@@]31C2. The fraction of sp³-hybridized carbons (Fsp3) is 0.565. The molecule has 4 heteroatoms. The summed E-state index contributed by atoms with van der Waals surface area (Å²) in [6.07, 6.45) is 5.37. The molecule has 0 radical (unpaired) electrons. The van der Waals surface area contributed by atoms with Crippen molar-refractivity contribution in [3.05, 3.63) is 42.1 Å². The van der Waals surface area contributed by atoms with Crippen LogP contribution >= 0.6 is 0 Å². The van der Waals surface area contributed by atoms with Crippen LogP contribution in [0.4, 0.5) is 0 Å². The van der Waals surface area contributed by atoms with E-state index < -0.39 is 0 Å². The third-order valence-corrected chi connectivity index (χ3v) is 7.84. The fourth-order valence-corrected chi connectivity index (χ4v) is 6.67. The van der Waals surface area contributed by atoms with Gasteiger partial charge in [-0.1, -0.05) is 32.0 Å². The van der Waals surface area contributed by atoms with Crippen LogP contribution in [-0.2, 0) is 9.53 Å². The first-order valence-corrected chi connectivity index (χ1v) is 10.2. The number of ether oxygens (including phenoxy) is 1. The van der Waals surface area contributed by atoms with Crippen LogP contribution in [0.15, 0.2) is 36.5 Å². The lowest BCUT2D eigenvalue weighted by Crippen LogP contribution is -2.58.